The second-order valence-electron chi connectivity index (χ2n) is 7.78. The Labute approximate surface area is 155 Å². The van der Waals surface area contributed by atoms with E-state index in [4.69, 9.17) is 0 Å². The number of carbonyl (C=O) groups excluding carboxylic acids is 2. The number of rotatable bonds is 2. The van der Waals surface area contributed by atoms with E-state index < -0.39 is 0 Å². The van der Waals surface area contributed by atoms with Gasteiger partial charge in [-0.25, -0.2) is 0 Å². The molecule has 1 fully saturated rings. The average molecular weight is 350 g/mol. The van der Waals surface area contributed by atoms with Crippen LogP contribution in [0.2, 0.25) is 0 Å². The first-order chi connectivity index (χ1) is 12.4. The van der Waals surface area contributed by atoms with E-state index in [0.29, 0.717) is 37.3 Å². The molecule has 0 N–H and O–H groups in total. The fourth-order valence-electron chi connectivity index (χ4n) is 3.17. The fourth-order valence-corrected chi connectivity index (χ4v) is 3.17. The van der Waals surface area contributed by atoms with Crippen LogP contribution in [0.5, 0.6) is 0 Å². The van der Waals surface area contributed by atoms with E-state index in [1.807, 2.05) is 64.4 Å². The number of amides is 2. The van der Waals surface area contributed by atoms with Gasteiger partial charge in [0.05, 0.1) is 0 Å². The molecule has 0 spiro atoms. The molecule has 0 atom stereocenters. The summed E-state index contributed by atoms with van der Waals surface area (Å²) in [6.07, 6.45) is 0. The van der Waals surface area contributed by atoms with Crippen LogP contribution in [0, 0.1) is 0 Å². The van der Waals surface area contributed by atoms with Crippen molar-refractivity contribution in [3.63, 3.8) is 0 Å². The summed E-state index contributed by atoms with van der Waals surface area (Å²) in [4.78, 5) is 28.9. The Morgan fingerprint density at radius 1 is 0.692 bits per heavy atom. The third-order valence-corrected chi connectivity index (χ3v) is 4.87. The quantitative estimate of drug-likeness (QED) is 0.831. The lowest BCUT2D eigenvalue weighted by Crippen LogP contribution is -2.50. The van der Waals surface area contributed by atoms with Crippen molar-refractivity contribution in [2.75, 3.05) is 26.2 Å². The highest BCUT2D eigenvalue weighted by Crippen LogP contribution is 2.22. The summed E-state index contributed by atoms with van der Waals surface area (Å²) in [6, 6.07) is 17.2. The topological polar surface area (TPSA) is 40.6 Å². The molecule has 1 aliphatic rings. The van der Waals surface area contributed by atoms with Crippen molar-refractivity contribution < 1.29 is 9.59 Å². The van der Waals surface area contributed by atoms with Crippen molar-refractivity contribution in [2.45, 2.75) is 26.2 Å². The van der Waals surface area contributed by atoms with Crippen LogP contribution >= 0.6 is 0 Å². The molecule has 2 amide bonds. The van der Waals surface area contributed by atoms with Gasteiger partial charge in [0.25, 0.3) is 11.8 Å². The molecule has 136 valence electrons. The Balaban J connectivity index is 1.61. The predicted molar refractivity (Wildman–Crippen MR) is 103 cm³/mol. The molecule has 0 aromatic heterocycles. The van der Waals surface area contributed by atoms with E-state index in [1.165, 1.54) is 5.56 Å². The zero-order valence-corrected chi connectivity index (χ0v) is 15.7. The lowest BCUT2D eigenvalue weighted by atomic mass is 9.86. The first-order valence-corrected chi connectivity index (χ1v) is 9.10. The van der Waals surface area contributed by atoms with Crippen molar-refractivity contribution in [3.05, 3.63) is 71.3 Å². The minimum atomic E-state index is 0.0345. The van der Waals surface area contributed by atoms with E-state index in [1.54, 1.807) is 0 Å². The zero-order valence-electron chi connectivity index (χ0n) is 15.7. The predicted octanol–water partition coefficient (Wildman–Crippen LogP) is 3.58. The van der Waals surface area contributed by atoms with Crippen LogP contribution < -0.4 is 0 Å². The smallest absolute Gasteiger partial charge is 0.253 e. The number of hydrogen-bond acceptors (Lipinski definition) is 2. The molecule has 0 radical (unpaired) electrons. The van der Waals surface area contributed by atoms with Crippen LogP contribution in [-0.2, 0) is 5.41 Å². The number of piperazine rings is 1. The Morgan fingerprint density at radius 2 is 1.12 bits per heavy atom. The maximum Gasteiger partial charge on any atom is 0.253 e. The number of benzene rings is 2. The first kappa shape index (κ1) is 18.2. The van der Waals surface area contributed by atoms with E-state index in [9.17, 15) is 9.59 Å². The monoisotopic (exact) mass is 350 g/mol. The molecule has 0 bridgehead atoms. The summed E-state index contributed by atoms with van der Waals surface area (Å²) in [5.41, 5.74) is 2.70. The third-order valence-electron chi connectivity index (χ3n) is 4.87. The van der Waals surface area contributed by atoms with Gasteiger partial charge < -0.3 is 9.80 Å². The highest BCUT2D eigenvalue weighted by molar-refractivity contribution is 5.96. The lowest BCUT2D eigenvalue weighted by Gasteiger charge is -2.35. The van der Waals surface area contributed by atoms with Gasteiger partial charge in [0.1, 0.15) is 0 Å². The minimum Gasteiger partial charge on any atom is -0.335 e. The summed E-state index contributed by atoms with van der Waals surface area (Å²) in [5, 5.41) is 0. The Morgan fingerprint density at radius 3 is 1.54 bits per heavy atom. The van der Waals surface area contributed by atoms with E-state index >= 15 is 0 Å². The molecule has 26 heavy (non-hydrogen) atoms. The molecule has 0 unspecified atom stereocenters. The van der Waals surface area contributed by atoms with E-state index in [2.05, 4.69) is 20.8 Å². The number of nitrogens with zero attached hydrogens (tertiary/aromatic N) is 2. The highest BCUT2D eigenvalue weighted by Gasteiger charge is 2.25. The summed E-state index contributed by atoms with van der Waals surface area (Å²) in [5.74, 6) is 0.0736. The van der Waals surface area contributed by atoms with Crippen LogP contribution in [0.3, 0.4) is 0 Å². The van der Waals surface area contributed by atoms with Crippen LogP contribution in [-0.4, -0.2) is 47.8 Å². The first-order valence-electron chi connectivity index (χ1n) is 9.10. The maximum absolute atomic E-state index is 12.7. The largest absolute Gasteiger partial charge is 0.335 e. The summed E-state index contributed by atoms with van der Waals surface area (Å²) >= 11 is 0. The van der Waals surface area contributed by atoms with Gasteiger partial charge in [-0.2, -0.15) is 0 Å². The van der Waals surface area contributed by atoms with Crippen LogP contribution in [0.15, 0.2) is 54.6 Å². The Hall–Kier alpha value is -2.62. The second-order valence-corrected chi connectivity index (χ2v) is 7.78. The Bertz CT molecular complexity index is 768. The van der Waals surface area contributed by atoms with Gasteiger partial charge in [0.15, 0.2) is 0 Å². The summed E-state index contributed by atoms with van der Waals surface area (Å²) in [7, 11) is 0. The molecular formula is C22H26N2O2. The molecule has 0 saturated carbocycles. The van der Waals surface area contributed by atoms with E-state index in [-0.39, 0.29) is 17.2 Å². The van der Waals surface area contributed by atoms with Gasteiger partial charge in [-0.15, -0.1) is 0 Å². The second kappa shape index (κ2) is 7.32. The van der Waals surface area contributed by atoms with Crippen molar-refractivity contribution in [2.24, 2.45) is 0 Å². The van der Waals surface area contributed by atoms with Crippen LogP contribution in [0.1, 0.15) is 47.1 Å². The maximum atomic E-state index is 12.7. The van der Waals surface area contributed by atoms with Crippen LogP contribution in [0.4, 0.5) is 0 Å². The molecule has 4 nitrogen and oxygen atoms in total. The summed E-state index contributed by atoms with van der Waals surface area (Å²) in [6.45, 7) is 8.75. The fraction of sp³-hybridized carbons (Fsp3) is 0.364. The van der Waals surface area contributed by atoms with Gasteiger partial charge in [-0.3, -0.25) is 9.59 Å². The molecule has 1 heterocycles. The molecule has 3 rings (SSSR count). The number of carbonyl (C=O) groups is 2. The molecule has 2 aromatic rings. The average Bonchev–Trinajstić information content (AvgIpc) is 2.67. The van der Waals surface area contributed by atoms with Gasteiger partial charge in [-0.05, 0) is 35.2 Å². The SMILES string of the molecule is CC(C)(C)c1ccc(C(=O)N2CCN(C(=O)c3ccccc3)CC2)cc1. The normalized spacial score (nSPS) is 15.0. The highest BCUT2D eigenvalue weighted by atomic mass is 16.2. The van der Waals surface area contributed by atoms with E-state index in [0.717, 1.165) is 0 Å². The standard InChI is InChI=1S/C22H26N2O2/c1-22(2,3)19-11-9-18(10-12-19)21(26)24-15-13-23(14-16-24)20(25)17-7-5-4-6-8-17/h4-12H,13-16H2,1-3H3. The van der Waals surface area contributed by atoms with Crippen molar-refractivity contribution >= 4 is 11.8 Å². The molecule has 2 aromatic carbocycles. The third kappa shape index (κ3) is 3.96. The Kier molecular flexibility index (Phi) is 5.12. The van der Waals surface area contributed by atoms with Gasteiger partial charge >= 0.3 is 0 Å². The minimum absolute atomic E-state index is 0.0345. The van der Waals surface area contributed by atoms with Crippen molar-refractivity contribution in [1.82, 2.24) is 9.80 Å². The van der Waals surface area contributed by atoms with Crippen molar-refractivity contribution in [3.8, 4) is 0 Å². The molecule has 0 aliphatic carbocycles. The molecule has 1 saturated heterocycles. The molecular weight excluding hydrogens is 324 g/mol. The van der Waals surface area contributed by atoms with Gasteiger partial charge in [-0.1, -0.05) is 51.1 Å². The zero-order chi connectivity index (χ0) is 18.7. The summed E-state index contributed by atoms with van der Waals surface area (Å²) < 4.78 is 0. The molecule has 4 heteroatoms. The van der Waals surface area contributed by atoms with Gasteiger partial charge in [0.2, 0.25) is 0 Å². The van der Waals surface area contributed by atoms with Gasteiger partial charge in [0, 0.05) is 37.3 Å². The molecule has 1 aliphatic heterocycles. The van der Waals surface area contributed by atoms with Crippen molar-refractivity contribution in [1.29, 1.82) is 0 Å². The number of hydrogen-bond donors (Lipinski definition) is 0. The lowest BCUT2D eigenvalue weighted by molar-refractivity contribution is 0.0535. The van der Waals surface area contributed by atoms with Crippen LogP contribution in [0.25, 0.3) is 0 Å².